The SMILES string of the molecule is O=C(Nc1ccc2c(c1)OCO2)N1CCC(NS(=O)(=O)c2cccc3cnccc23)CC1. The number of nitrogens with one attached hydrogen (secondary N) is 2. The number of piperidine rings is 1. The predicted molar refractivity (Wildman–Crippen MR) is 118 cm³/mol. The molecule has 2 N–H and O–H groups in total. The van der Waals surface area contributed by atoms with E-state index in [1.807, 2.05) is 6.07 Å². The summed E-state index contributed by atoms with van der Waals surface area (Å²) in [6.45, 7) is 1.07. The lowest BCUT2D eigenvalue weighted by atomic mass is 10.1. The Morgan fingerprint density at radius 2 is 1.88 bits per heavy atom. The molecule has 1 aromatic heterocycles. The lowest BCUT2D eigenvalue weighted by Crippen LogP contribution is -2.47. The fourth-order valence-corrected chi connectivity index (χ4v) is 5.52. The maximum absolute atomic E-state index is 13.0. The first-order chi connectivity index (χ1) is 15.5. The fraction of sp³-hybridized carbons (Fsp3) is 0.273. The van der Waals surface area contributed by atoms with Crippen LogP contribution in [0.2, 0.25) is 0 Å². The zero-order chi connectivity index (χ0) is 22.1. The van der Waals surface area contributed by atoms with Crippen molar-refractivity contribution < 1.29 is 22.7 Å². The summed E-state index contributed by atoms with van der Waals surface area (Å²) >= 11 is 0. The van der Waals surface area contributed by atoms with E-state index in [0.29, 0.717) is 48.5 Å². The first-order valence-corrected chi connectivity index (χ1v) is 11.8. The molecular weight excluding hydrogens is 432 g/mol. The highest BCUT2D eigenvalue weighted by molar-refractivity contribution is 7.89. The van der Waals surface area contributed by atoms with Crippen molar-refractivity contribution in [2.75, 3.05) is 25.2 Å². The second kappa shape index (κ2) is 8.29. The van der Waals surface area contributed by atoms with E-state index in [9.17, 15) is 13.2 Å². The molecule has 0 aliphatic carbocycles. The number of aromatic nitrogens is 1. The summed E-state index contributed by atoms with van der Waals surface area (Å²) in [5, 5.41) is 4.26. The number of likely N-dealkylation sites (tertiary alicyclic amines) is 1. The van der Waals surface area contributed by atoms with Crippen LogP contribution in [0.5, 0.6) is 11.5 Å². The number of carbonyl (C=O) groups excluding carboxylic acids is 1. The summed E-state index contributed by atoms with van der Waals surface area (Å²) in [6, 6.07) is 11.6. The van der Waals surface area contributed by atoms with E-state index in [1.54, 1.807) is 53.7 Å². The summed E-state index contributed by atoms with van der Waals surface area (Å²) < 4.78 is 39.5. The van der Waals surface area contributed by atoms with Crippen LogP contribution in [-0.4, -0.2) is 50.3 Å². The number of anilines is 1. The standard InChI is InChI=1S/C22H22N4O5S/c27-22(24-17-4-5-19-20(12-17)31-14-30-19)26-10-7-16(8-11-26)25-32(28,29)21-3-1-2-15-13-23-9-6-18(15)21/h1-6,9,12-13,16,25H,7-8,10-11,14H2,(H,24,27). The van der Waals surface area contributed by atoms with Gasteiger partial charge in [-0.1, -0.05) is 12.1 Å². The van der Waals surface area contributed by atoms with E-state index < -0.39 is 10.0 Å². The number of rotatable bonds is 4. The van der Waals surface area contributed by atoms with E-state index >= 15 is 0 Å². The molecule has 0 atom stereocenters. The minimum atomic E-state index is -3.70. The van der Waals surface area contributed by atoms with Crippen LogP contribution in [0.25, 0.3) is 10.8 Å². The third-order valence-electron chi connectivity index (χ3n) is 5.66. The Hall–Kier alpha value is -3.37. The summed E-state index contributed by atoms with van der Waals surface area (Å²) in [5.74, 6) is 1.25. The van der Waals surface area contributed by atoms with Gasteiger partial charge in [-0.25, -0.2) is 17.9 Å². The molecule has 0 spiro atoms. The number of nitrogens with zero attached hydrogens (tertiary/aromatic N) is 2. The van der Waals surface area contributed by atoms with Crippen molar-refractivity contribution in [2.24, 2.45) is 0 Å². The number of hydrogen-bond donors (Lipinski definition) is 2. The Morgan fingerprint density at radius 1 is 1.06 bits per heavy atom. The largest absolute Gasteiger partial charge is 0.454 e. The van der Waals surface area contributed by atoms with Crippen LogP contribution in [0.4, 0.5) is 10.5 Å². The molecule has 32 heavy (non-hydrogen) atoms. The number of carbonyl (C=O) groups is 1. The summed E-state index contributed by atoms with van der Waals surface area (Å²) in [7, 11) is -3.70. The molecule has 0 unspecified atom stereocenters. The van der Waals surface area contributed by atoms with Gasteiger partial charge in [0.1, 0.15) is 0 Å². The second-order valence-corrected chi connectivity index (χ2v) is 9.42. The molecule has 2 aliphatic heterocycles. The van der Waals surface area contributed by atoms with E-state index in [-0.39, 0.29) is 23.8 Å². The maximum Gasteiger partial charge on any atom is 0.321 e. The van der Waals surface area contributed by atoms with E-state index in [4.69, 9.17) is 9.47 Å². The van der Waals surface area contributed by atoms with Crippen LogP contribution < -0.4 is 19.5 Å². The van der Waals surface area contributed by atoms with Crippen molar-refractivity contribution in [3.63, 3.8) is 0 Å². The molecular formula is C22H22N4O5S. The molecule has 2 aromatic carbocycles. The molecule has 5 rings (SSSR count). The van der Waals surface area contributed by atoms with Gasteiger partial charge in [0, 0.05) is 54.1 Å². The normalized spacial score (nSPS) is 16.3. The van der Waals surface area contributed by atoms with Crippen molar-refractivity contribution >= 4 is 32.5 Å². The number of amides is 2. The molecule has 166 valence electrons. The van der Waals surface area contributed by atoms with E-state index in [2.05, 4.69) is 15.0 Å². The van der Waals surface area contributed by atoms with Crippen LogP contribution in [0.3, 0.4) is 0 Å². The van der Waals surface area contributed by atoms with Crippen LogP contribution in [0.1, 0.15) is 12.8 Å². The average molecular weight is 455 g/mol. The second-order valence-electron chi connectivity index (χ2n) is 7.73. The number of benzene rings is 2. The third-order valence-corrected chi connectivity index (χ3v) is 7.24. The van der Waals surface area contributed by atoms with Crippen molar-refractivity contribution in [3.8, 4) is 11.5 Å². The molecule has 0 radical (unpaired) electrons. The van der Waals surface area contributed by atoms with Crippen LogP contribution in [0, 0.1) is 0 Å². The van der Waals surface area contributed by atoms with Crippen LogP contribution in [0.15, 0.2) is 59.8 Å². The lowest BCUT2D eigenvalue weighted by molar-refractivity contribution is 0.174. The number of ether oxygens (including phenoxy) is 2. The topological polar surface area (TPSA) is 110 Å². The van der Waals surface area contributed by atoms with Crippen molar-refractivity contribution in [1.82, 2.24) is 14.6 Å². The van der Waals surface area contributed by atoms with Crippen LogP contribution in [-0.2, 0) is 10.0 Å². The molecule has 0 saturated carbocycles. The van der Waals surface area contributed by atoms with Gasteiger partial charge >= 0.3 is 6.03 Å². The summed E-state index contributed by atoms with van der Waals surface area (Å²) in [4.78, 5) is 18.6. The van der Waals surface area contributed by atoms with Gasteiger partial charge in [-0.3, -0.25) is 4.98 Å². The van der Waals surface area contributed by atoms with Gasteiger partial charge in [-0.15, -0.1) is 0 Å². The first kappa shape index (κ1) is 20.5. The van der Waals surface area contributed by atoms with Crippen molar-refractivity contribution in [3.05, 3.63) is 54.9 Å². The number of pyridine rings is 1. The predicted octanol–water partition coefficient (Wildman–Crippen LogP) is 2.94. The summed E-state index contributed by atoms with van der Waals surface area (Å²) in [5.41, 5.74) is 0.618. The zero-order valence-electron chi connectivity index (χ0n) is 17.2. The molecule has 2 aliphatic rings. The lowest BCUT2D eigenvalue weighted by Gasteiger charge is -2.32. The minimum absolute atomic E-state index is 0.172. The first-order valence-electron chi connectivity index (χ1n) is 10.3. The molecule has 0 bridgehead atoms. The zero-order valence-corrected chi connectivity index (χ0v) is 18.0. The monoisotopic (exact) mass is 454 g/mol. The Bertz CT molecular complexity index is 1270. The van der Waals surface area contributed by atoms with Gasteiger partial charge in [-0.2, -0.15) is 0 Å². The average Bonchev–Trinajstić information content (AvgIpc) is 3.27. The Labute approximate surface area is 185 Å². The number of hydrogen-bond acceptors (Lipinski definition) is 6. The number of urea groups is 1. The van der Waals surface area contributed by atoms with E-state index in [1.165, 1.54) is 0 Å². The molecule has 10 heteroatoms. The van der Waals surface area contributed by atoms with Crippen molar-refractivity contribution in [2.45, 2.75) is 23.8 Å². The highest BCUT2D eigenvalue weighted by Crippen LogP contribution is 2.34. The van der Waals surface area contributed by atoms with Crippen molar-refractivity contribution in [1.29, 1.82) is 0 Å². The Balaban J connectivity index is 1.20. The van der Waals surface area contributed by atoms with Gasteiger partial charge in [-0.05, 0) is 37.1 Å². The van der Waals surface area contributed by atoms with Gasteiger partial charge < -0.3 is 19.7 Å². The molecule has 2 amide bonds. The minimum Gasteiger partial charge on any atom is -0.454 e. The maximum atomic E-state index is 13.0. The van der Waals surface area contributed by atoms with Gasteiger partial charge in [0.2, 0.25) is 16.8 Å². The highest BCUT2D eigenvalue weighted by atomic mass is 32.2. The van der Waals surface area contributed by atoms with Gasteiger partial charge in [0.15, 0.2) is 11.5 Å². The third kappa shape index (κ3) is 4.06. The molecule has 9 nitrogen and oxygen atoms in total. The number of fused-ring (bicyclic) bond motifs is 2. The van der Waals surface area contributed by atoms with E-state index in [0.717, 1.165) is 5.39 Å². The highest BCUT2D eigenvalue weighted by Gasteiger charge is 2.28. The molecule has 1 fully saturated rings. The summed E-state index contributed by atoms with van der Waals surface area (Å²) in [6.07, 6.45) is 4.28. The van der Waals surface area contributed by atoms with Gasteiger partial charge in [0.25, 0.3) is 0 Å². The Kier molecular flexibility index (Phi) is 5.32. The fourth-order valence-electron chi connectivity index (χ4n) is 3.99. The molecule has 3 heterocycles. The molecule has 3 aromatic rings. The van der Waals surface area contributed by atoms with Gasteiger partial charge in [0.05, 0.1) is 4.90 Å². The van der Waals surface area contributed by atoms with Crippen LogP contribution >= 0.6 is 0 Å². The number of sulfonamides is 1. The Morgan fingerprint density at radius 3 is 2.72 bits per heavy atom. The molecule has 1 saturated heterocycles. The quantitative estimate of drug-likeness (QED) is 0.627. The smallest absolute Gasteiger partial charge is 0.321 e.